The highest BCUT2D eigenvalue weighted by Gasteiger charge is 2.06. The van der Waals surface area contributed by atoms with Crippen molar-refractivity contribution in [3.8, 4) is 11.4 Å². The Morgan fingerprint density at radius 3 is 2.83 bits per heavy atom. The summed E-state index contributed by atoms with van der Waals surface area (Å²) < 4.78 is 1.88. The van der Waals surface area contributed by atoms with Crippen LogP contribution < -0.4 is 5.73 Å². The van der Waals surface area contributed by atoms with Crippen molar-refractivity contribution in [1.29, 1.82) is 0 Å². The Morgan fingerprint density at radius 2 is 2.33 bits per heavy atom. The van der Waals surface area contributed by atoms with Gasteiger partial charge >= 0.3 is 0 Å². The van der Waals surface area contributed by atoms with Crippen LogP contribution in [0.25, 0.3) is 11.4 Å². The molecule has 2 rings (SSSR count). The highest BCUT2D eigenvalue weighted by molar-refractivity contribution is 5.68. The summed E-state index contributed by atoms with van der Waals surface area (Å²) in [6.07, 6.45) is 5.04. The zero-order valence-corrected chi connectivity index (χ0v) is 6.65. The van der Waals surface area contributed by atoms with E-state index in [2.05, 4.69) is 15.2 Å². The second-order valence-electron chi connectivity index (χ2n) is 2.59. The largest absolute Gasteiger partial charge is 0.396 e. The molecular weight excluding hydrogens is 154 g/mol. The van der Waals surface area contributed by atoms with Gasteiger partial charge in [-0.25, -0.2) is 4.98 Å². The Kier molecular flexibility index (Phi) is 1.36. The number of rotatable bonds is 1. The summed E-state index contributed by atoms with van der Waals surface area (Å²) in [6, 6.07) is 0. The number of H-pyrrole nitrogens is 1. The van der Waals surface area contributed by atoms with Crippen molar-refractivity contribution < 1.29 is 0 Å². The van der Waals surface area contributed by atoms with Crippen molar-refractivity contribution in [2.75, 3.05) is 5.73 Å². The smallest absolute Gasteiger partial charge is 0.106 e. The highest BCUT2D eigenvalue weighted by atomic mass is 15.1. The van der Waals surface area contributed by atoms with Crippen LogP contribution in [0.3, 0.4) is 0 Å². The first-order valence-electron chi connectivity index (χ1n) is 3.54. The molecule has 0 atom stereocenters. The lowest BCUT2D eigenvalue weighted by Gasteiger charge is -1.98. The second kappa shape index (κ2) is 2.37. The molecule has 0 saturated heterocycles. The zero-order chi connectivity index (χ0) is 8.55. The van der Waals surface area contributed by atoms with Gasteiger partial charge in [-0.15, -0.1) is 0 Å². The van der Waals surface area contributed by atoms with Crippen LogP contribution in [0, 0.1) is 0 Å². The van der Waals surface area contributed by atoms with Crippen LogP contribution in [-0.2, 0) is 7.05 Å². The summed E-state index contributed by atoms with van der Waals surface area (Å²) in [4.78, 5) is 3.98. The molecule has 5 heteroatoms. The lowest BCUT2D eigenvalue weighted by Crippen LogP contribution is -1.92. The van der Waals surface area contributed by atoms with E-state index in [0.29, 0.717) is 5.69 Å². The minimum absolute atomic E-state index is 0.638. The number of imidazole rings is 1. The van der Waals surface area contributed by atoms with Gasteiger partial charge in [-0.05, 0) is 0 Å². The number of nitrogens with two attached hydrogens (primary N) is 1. The zero-order valence-electron chi connectivity index (χ0n) is 6.65. The van der Waals surface area contributed by atoms with E-state index in [0.717, 1.165) is 11.4 Å². The van der Waals surface area contributed by atoms with E-state index in [1.54, 1.807) is 18.7 Å². The summed E-state index contributed by atoms with van der Waals surface area (Å²) in [7, 11) is 1.91. The van der Waals surface area contributed by atoms with E-state index in [9.17, 15) is 0 Å². The molecule has 3 N–H and O–H groups in total. The number of nitrogens with zero attached hydrogens (tertiary/aromatic N) is 3. The normalized spacial score (nSPS) is 10.4. The van der Waals surface area contributed by atoms with Gasteiger partial charge in [0.2, 0.25) is 0 Å². The SMILES string of the molecule is Cn1cncc1-c1[nH]ncc1N. The molecule has 0 unspecified atom stereocenters. The quantitative estimate of drug-likeness (QED) is 0.638. The standard InChI is InChI=1S/C7H9N5/c1-12-4-9-3-6(12)7-5(8)2-10-11-7/h2-4H,8H2,1H3,(H,10,11). The van der Waals surface area contributed by atoms with E-state index in [-0.39, 0.29) is 0 Å². The summed E-state index contributed by atoms with van der Waals surface area (Å²) in [5, 5.41) is 6.64. The Bertz CT molecular complexity index is 348. The molecule has 12 heavy (non-hydrogen) atoms. The van der Waals surface area contributed by atoms with Crippen molar-refractivity contribution in [3.05, 3.63) is 18.7 Å². The first kappa shape index (κ1) is 6.90. The molecule has 0 radical (unpaired) electrons. The van der Waals surface area contributed by atoms with Crippen LogP contribution in [0.2, 0.25) is 0 Å². The minimum Gasteiger partial charge on any atom is -0.396 e. The number of hydrogen-bond donors (Lipinski definition) is 2. The number of anilines is 1. The fraction of sp³-hybridized carbons (Fsp3) is 0.143. The number of nitrogens with one attached hydrogen (secondary N) is 1. The first-order chi connectivity index (χ1) is 5.79. The summed E-state index contributed by atoms with van der Waals surface area (Å²) in [5.41, 5.74) is 8.05. The highest BCUT2D eigenvalue weighted by Crippen LogP contribution is 2.20. The van der Waals surface area contributed by atoms with Gasteiger partial charge in [0.1, 0.15) is 5.69 Å². The number of hydrogen-bond acceptors (Lipinski definition) is 3. The van der Waals surface area contributed by atoms with Crippen LogP contribution >= 0.6 is 0 Å². The topological polar surface area (TPSA) is 72.5 Å². The lowest BCUT2D eigenvalue weighted by atomic mass is 10.3. The van der Waals surface area contributed by atoms with Gasteiger partial charge in [0.05, 0.1) is 30.1 Å². The van der Waals surface area contributed by atoms with E-state index in [4.69, 9.17) is 5.73 Å². The monoisotopic (exact) mass is 163 g/mol. The third kappa shape index (κ3) is 0.868. The molecule has 0 aromatic carbocycles. The maximum atomic E-state index is 5.67. The molecule has 0 fully saturated rings. The van der Waals surface area contributed by atoms with Crippen LogP contribution in [0.5, 0.6) is 0 Å². The van der Waals surface area contributed by atoms with E-state index in [1.807, 2.05) is 11.6 Å². The molecule has 62 valence electrons. The van der Waals surface area contributed by atoms with Gasteiger partial charge in [0.25, 0.3) is 0 Å². The molecule has 0 aliphatic carbocycles. The van der Waals surface area contributed by atoms with Gasteiger partial charge in [0.15, 0.2) is 0 Å². The predicted molar refractivity (Wildman–Crippen MR) is 45.2 cm³/mol. The van der Waals surface area contributed by atoms with Crippen molar-refractivity contribution >= 4 is 5.69 Å². The Morgan fingerprint density at radius 1 is 1.50 bits per heavy atom. The van der Waals surface area contributed by atoms with Gasteiger partial charge in [-0.2, -0.15) is 5.10 Å². The first-order valence-corrected chi connectivity index (χ1v) is 3.54. The summed E-state index contributed by atoms with van der Waals surface area (Å²) in [5.74, 6) is 0. The molecule has 2 aromatic rings. The lowest BCUT2D eigenvalue weighted by molar-refractivity contribution is 0.913. The van der Waals surface area contributed by atoms with Crippen LogP contribution in [0.1, 0.15) is 0 Å². The molecule has 0 aliphatic heterocycles. The average molecular weight is 163 g/mol. The molecular formula is C7H9N5. The molecule has 5 nitrogen and oxygen atoms in total. The van der Waals surface area contributed by atoms with Gasteiger partial charge in [-0.3, -0.25) is 5.10 Å². The number of aromatic amines is 1. The predicted octanol–water partition coefficient (Wildman–Crippen LogP) is 0.392. The van der Waals surface area contributed by atoms with Crippen molar-refractivity contribution in [3.63, 3.8) is 0 Å². The van der Waals surface area contributed by atoms with E-state index in [1.165, 1.54) is 0 Å². The van der Waals surface area contributed by atoms with Gasteiger partial charge in [-0.1, -0.05) is 0 Å². The van der Waals surface area contributed by atoms with Crippen LogP contribution in [-0.4, -0.2) is 19.7 Å². The van der Waals surface area contributed by atoms with Crippen molar-refractivity contribution in [2.24, 2.45) is 7.05 Å². The summed E-state index contributed by atoms with van der Waals surface area (Å²) in [6.45, 7) is 0. The molecule has 0 amide bonds. The summed E-state index contributed by atoms with van der Waals surface area (Å²) >= 11 is 0. The third-order valence-electron chi connectivity index (χ3n) is 1.74. The molecule has 2 aromatic heterocycles. The van der Waals surface area contributed by atoms with Crippen molar-refractivity contribution in [2.45, 2.75) is 0 Å². The molecule has 0 spiro atoms. The van der Waals surface area contributed by atoms with Crippen LogP contribution in [0.15, 0.2) is 18.7 Å². The maximum absolute atomic E-state index is 5.67. The molecule has 0 aliphatic rings. The third-order valence-corrected chi connectivity index (χ3v) is 1.74. The maximum Gasteiger partial charge on any atom is 0.106 e. The minimum atomic E-state index is 0.638. The molecule has 0 bridgehead atoms. The fourth-order valence-electron chi connectivity index (χ4n) is 1.10. The second-order valence-corrected chi connectivity index (χ2v) is 2.59. The van der Waals surface area contributed by atoms with Gasteiger partial charge in [0, 0.05) is 7.05 Å². The van der Waals surface area contributed by atoms with E-state index >= 15 is 0 Å². The Hall–Kier alpha value is -1.78. The number of nitrogen functional groups attached to an aromatic ring is 1. The fourth-order valence-corrected chi connectivity index (χ4v) is 1.10. The van der Waals surface area contributed by atoms with Gasteiger partial charge < -0.3 is 10.3 Å². The molecule has 0 saturated carbocycles. The Labute approximate surface area is 69.2 Å². The number of aromatic nitrogens is 4. The van der Waals surface area contributed by atoms with Crippen molar-refractivity contribution in [1.82, 2.24) is 19.7 Å². The Balaban J connectivity index is 2.57. The average Bonchev–Trinajstić information content (AvgIpc) is 2.59. The molecule has 2 heterocycles. The van der Waals surface area contributed by atoms with Crippen LogP contribution in [0.4, 0.5) is 5.69 Å². The van der Waals surface area contributed by atoms with E-state index < -0.39 is 0 Å². The number of aryl methyl sites for hydroxylation is 1.